The summed E-state index contributed by atoms with van der Waals surface area (Å²) in [7, 11) is 0. The van der Waals surface area contributed by atoms with Gasteiger partial charge in [0.2, 0.25) is 0 Å². The zero-order chi connectivity index (χ0) is 15.5. The number of nitrogens with zero attached hydrogens (tertiary/aromatic N) is 3. The summed E-state index contributed by atoms with van der Waals surface area (Å²) in [5, 5.41) is 8.95. The average molecular weight is 368 g/mol. The fourth-order valence-corrected chi connectivity index (χ4v) is 2.77. The molecule has 1 fully saturated rings. The van der Waals surface area contributed by atoms with Crippen molar-refractivity contribution < 1.29 is 18.3 Å². The van der Waals surface area contributed by atoms with Crippen molar-refractivity contribution in [2.24, 2.45) is 0 Å². The van der Waals surface area contributed by atoms with Gasteiger partial charge in [0.15, 0.2) is 0 Å². The molecule has 2 rings (SSSR count). The molecule has 1 N–H and O–H groups in total. The van der Waals surface area contributed by atoms with E-state index in [9.17, 15) is 13.2 Å². The predicted molar refractivity (Wildman–Crippen MR) is 77.3 cm³/mol. The van der Waals surface area contributed by atoms with Crippen LogP contribution in [0, 0.1) is 0 Å². The number of aliphatic hydroxyl groups is 1. The van der Waals surface area contributed by atoms with Crippen LogP contribution in [0.15, 0.2) is 16.7 Å². The maximum atomic E-state index is 13.2. The van der Waals surface area contributed by atoms with Crippen LogP contribution in [0.2, 0.25) is 0 Å². The molecule has 0 unspecified atom stereocenters. The first-order valence-corrected chi connectivity index (χ1v) is 7.52. The van der Waals surface area contributed by atoms with Crippen molar-refractivity contribution in [2.45, 2.75) is 12.6 Å². The summed E-state index contributed by atoms with van der Waals surface area (Å²) >= 11 is 3.04. The number of hydrogen-bond acceptors (Lipinski definition) is 4. The third kappa shape index (κ3) is 4.31. The van der Waals surface area contributed by atoms with Crippen LogP contribution in [0.25, 0.3) is 0 Å². The van der Waals surface area contributed by atoms with Gasteiger partial charge in [-0.05, 0) is 35.0 Å². The molecule has 0 aliphatic carbocycles. The molecule has 4 nitrogen and oxygen atoms in total. The first kappa shape index (κ1) is 16.5. The molecule has 1 aromatic heterocycles. The summed E-state index contributed by atoms with van der Waals surface area (Å²) < 4.78 is 39.8. The van der Waals surface area contributed by atoms with Crippen molar-refractivity contribution in [1.82, 2.24) is 9.88 Å². The molecular weight excluding hydrogens is 351 g/mol. The van der Waals surface area contributed by atoms with Gasteiger partial charge in [-0.1, -0.05) is 0 Å². The van der Waals surface area contributed by atoms with Gasteiger partial charge in [-0.25, -0.2) is 4.98 Å². The SMILES string of the molecule is OCCN1CCCN(c2ncc(Br)cc2C(F)(F)F)CC1. The molecule has 0 saturated carbocycles. The monoisotopic (exact) mass is 367 g/mol. The molecule has 0 spiro atoms. The van der Waals surface area contributed by atoms with E-state index in [1.807, 2.05) is 4.90 Å². The maximum absolute atomic E-state index is 13.2. The highest BCUT2D eigenvalue weighted by Gasteiger charge is 2.36. The molecule has 0 atom stereocenters. The zero-order valence-corrected chi connectivity index (χ0v) is 13.0. The molecular formula is C13H17BrF3N3O. The van der Waals surface area contributed by atoms with Crippen molar-refractivity contribution >= 4 is 21.7 Å². The standard InChI is InChI=1S/C13H17BrF3N3O/c14-10-8-11(13(15,16)17)12(18-9-10)20-3-1-2-19(4-5-20)6-7-21/h8-9,21H,1-7H2. The topological polar surface area (TPSA) is 39.6 Å². The summed E-state index contributed by atoms with van der Waals surface area (Å²) in [6.07, 6.45) is -2.29. The lowest BCUT2D eigenvalue weighted by atomic mass is 10.2. The quantitative estimate of drug-likeness (QED) is 0.890. The number of aliphatic hydroxyl groups excluding tert-OH is 1. The van der Waals surface area contributed by atoms with Gasteiger partial charge >= 0.3 is 6.18 Å². The average Bonchev–Trinajstić information content (AvgIpc) is 2.64. The Labute approximate surface area is 129 Å². The second kappa shape index (κ2) is 6.93. The van der Waals surface area contributed by atoms with E-state index in [4.69, 9.17) is 5.11 Å². The summed E-state index contributed by atoms with van der Waals surface area (Å²) in [4.78, 5) is 7.69. The molecule has 0 radical (unpaired) electrons. The number of hydrogen-bond donors (Lipinski definition) is 1. The molecule has 118 valence electrons. The number of alkyl halides is 3. The van der Waals surface area contributed by atoms with Crippen LogP contribution < -0.4 is 4.90 Å². The summed E-state index contributed by atoms with van der Waals surface area (Å²) in [5.74, 6) is -0.0171. The largest absolute Gasteiger partial charge is 0.419 e. The molecule has 21 heavy (non-hydrogen) atoms. The Bertz CT molecular complexity index is 484. The fourth-order valence-electron chi connectivity index (χ4n) is 2.44. The Kier molecular flexibility index (Phi) is 5.45. The van der Waals surface area contributed by atoms with Crippen LogP contribution in [0.1, 0.15) is 12.0 Å². The van der Waals surface area contributed by atoms with Crippen molar-refractivity contribution in [1.29, 1.82) is 0 Å². The molecule has 8 heteroatoms. The molecule has 0 aromatic carbocycles. The number of anilines is 1. The number of rotatable bonds is 3. The summed E-state index contributed by atoms with van der Waals surface area (Å²) in [6.45, 7) is 3.00. The van der Waals surface area contributed by atoms with Gasteiger partial charge in [0.05, 0.1) is 12.2 Å². The van der Waals surface area contributed by atoms with Gasteiger partial charge in [-0.3, -0.25) is 4.90 Å². The van der Waals surface area contributed by atoms with Gasteiger partial charge in [0.1, 0.15) is 5.82 Å². The molecule has 2 heterocycles. The van der Waals surface area contributed by atoms with Crippen molar-refractivity contribution in [3.63, 3.8) is 0 Å². The molecule has 1 aliphatic heterocycles. The van der Waals surface area contributed by atoms with E-state index in [1.54, 1.807) is 4.90 Å². The van der Waals surface area contributed by atoms with Gasteiger partial charge in [-0.15, -0.1) is 0 Å². The van der Waals surface area contributed by atoms with E-state index >= 15 is 0 Å². The van der Waals surface area contributed by atoms with Crippen molar-refractivity contribution in [2.75, 3.05) is 44.2 Å². The fraction of sp³-hybridized carbons (Fsp3) is 0.615. The van der Waals surface area contributed by atoms with E-state index in [0.717, 1.165) is 19.0 Å². The van der Waals surface area contributed by atoms with Crippen LogP contribution >= 0.6 is 15.9 Å². The van der Waals surface area contributed by atoms with Crippen LogP contribution in [-0.4, -0.2) is 54.3 Å². The van der Waals surface area contributed by atoms with E-state index in [2.05, 4.69) is 20.9 Å². The predicted octanol–water partition coefficient (Wildman–Crippen LogP) is 2.37. The highest BCUT2D eigenvalue weighted by molar-refractivity contribution is 9.10. The van der Waals surface area contributed by atoms with Crippen LogP contribution in [0.5, 0.6) is 0 Å². The minimum absolute atomic E-state index is 0.0171. The molecule has 1 aromatic rings. The van der Waals surface area contributed by atoms with Crippen molar-refractivity contribution in [3.05, 3.63) is 22.3 Å². The third-order valence-electron chi connectivity index (χ3n) is 3.44. The molecule has 1 aliphatic rings. The van der Waals surface area contributed by atoms with Gasteiger partial charge in [0, 0.05) is 36.8 Å². The Balaban J connectivity index is 2.22. The Hall–Kier alpha value is -0.860. The lowest BCUT2D eigenvalue weighted by Crippen LogP contribution is -2.33. The lowest BCUT2D eigenvalue weighted by Gasteiger charge is -2.25. The summed E-state index contributed by atoms with van der Waals surface area (Å²) in [6, 6.07) is 1.07. The molecule has 1 saturated heterocycles. The normalized spacial score (nSPS) is 17.9. The van der Waals surface area contributed by atoms with E-state index in [0.29, 0.717) is 30.7 Å². The van der Waals surface area contributed by atoms with Crippen molar-refractivity contribution in [3.8, 4) is 0 Å². The number of β-amino-alcohol motifs (C(OH)–C–C–N with tert-alkyl or cyclic N) is 1. The van der Waals surface area contributed by atoms with E-state index in [-0.39, 0.29) is 12.4 Å². The minimum atomic E-state index is -4.43. The zero-order valence-electron chi connectivity index (χ0n) is 11.4. The first-order valence-electron chi connectivity index (χ1n) is 6.72. The minimum Gasteiger partial charge on any atom is -0.395 e. The maximum Gasteiger partial charge on any atom is 0.419 e. The van der Waals surface area contributed by atoms with Crippen LogP contribution in [-0.2, 0) is 6.18 Å². The Morgan fingerprint density at radius 3 is 2.67 bits per heavy atom. The van der Waals surface area contributed by atoms with E-state index < -0.39 is 11.7 Å². The highest BCUT2D eigenvalue weighted by Crippen LogP contribution is 2.37. The van der Waals surface area contributed by atoms with Crippen LogP contribution in [0.3, 0.4) is 0 Å². The van der Waals surface area contributed by atoms with Gasteiger partial charge in [0.25, 0.3) is 0 Å². The third-order valence-corrected chi connectivity index (χ3v) is 3.88. The lowest BCUT2D eigenvalue weighted by molar-refractivity contribution is -0.137. The first-order chi connectivity index (χ1) is 9.91. The van der Waals surface area contributed by atoms with Gasteiger partial charge < -0.3 is 10.0 Å². The Morgan fingerprint density at radius 1 is 1.24 bits per heavy atom. The highest BCUT2D eigenvalue weighted by atomic mass is 79.9. The Morgan fingerprint density at radius 2 is 2.00 bits per heavy atom. The second-order valence-electron chi connectivity index (χ2n) is 4.93. The summed E-state index contributed by atoms with van der Waals surface area (Å²) in [5.41, 5.74) is -0.715. The smallest absolute Gasteiger partial charge is 0.395 e. The van der Waals surface area contributed by atoms with E-state index in [1.165, 1.54) is 6.20 Å². The number of pyridine rings is 1. The number of aromatic nitrogens is 1. The number of halogens is 4. The van der Waals surface area contributed by atoms with Crippen LogP contribution in [0.4, 0.5) is 19.0 Å². The van der Waals surface area contributed by atoms with Gasteiger partial charge in [-0.2, -0.15) is 13.2 Å². The molecule has 0 bridgehead atoms. The second-order valence-corrected chi connectivity index (χ2v) is 5.84. The molecule has 0 amide bonds.